The first-order chi connectivity index (χ1) is 7.56. The number of alkyl halides is 2. The molecule has 84 valence electrons. The Morgan fingerprint density at radius 2 is 2.06 bits per heavy atom. The Morgan fingerprint density at radius 1 is 1.31 bits per heavy atom. The van der Waals surface area contributed by atoms with Crippen LogP contribution < -0.4 is 5.73 Å². The lowest BCUT2D eigenvalue weighted by atomic mass is 10.3. The number of pyridine rings is 1. The zero-order chi connectivity index (χ0) is 11.7. The van der Waals surface area contributed by atoms with E-state index in [1.54, 1.807) is 12.1 Å². The van der Waals surface area contributed by atoms with Crippen LogP contribution in [0.4, 0.5) is 14.6 Å². The van der Waals surface area contributed by atoms with E-state index in [2.05, 4.69) is 4.98 Å². The van der Waals surface area contributed by atoms with Crippen molar-refractivity contribution in [1.29, 1.82) is 0 Å². The fourth-order valence-corrected chi connectivity index (χ4v) is 2.29. The molecule has 0 aromatic carbocycles. The minimum absolute atomic E-state index is 0.00958. The first-order valence-electron chi connectivity index (χ1n) is 4.37. The Balaban J connectivity index is 2.42. The van der Waals surface area contributed by atoms with E-state index in [4.69, 9.17) is 17.3 Å². The van der Waals surface area contributed by atoms with Gasteiger partial charge in [0.25, 0.3) is 6.43 Å². The van der Waals surface area contributed by atoms with Gasteiger partial charge < -0.3 is 5.73 Å². The van der Waals surface area contributed by atoms with E-state index >= 15 is 0 Å². The van der Waals surface area contributed by atoms with Gasteiger partial charge in [-0.15, -0.1) is 11.3 Å². The van der Waals surface area contributed by atoms with Crippen LogP contribution in [-0.4, -0.2) is 4.98 Å². The maximum absolute atomic E-state index is 12.4. The van der Waals surface area contributed by atoms with Gasteiger partial charge in [-0.05, 0) is 24.3 Å². The number of halogens is 3. The molecule has 0 aliphatic carbocycles. The lowest BCUT2D eigenvalue weighted by molar-refractivity contribution is 0.155. The lowest BCUT2D eigenvalue weighted by Gasteiger charge is -1.99. The van der Waals surface area contributed by atoms with Gasteiger partial charge in [0.1, 0.15) is 5.82 Å². The molecule has 0 unspecified atom stereocenters. The largest absolute Gasteiger partial charge is 0.384 e. The molecule has 0 atom stereocenters. The van der Waals surface area contributed by atoms with E-state index in [9.17, 15) is 8.78 Å². The summed E-state index contributed by atoms with van der Waals surface area (Å²) >= 11 is 6.79. The molecule has 0 spiro atoms. The van der Waals surface area contributed by atoms with E-state index < -0.39 is 6.43 Å². The Kier molecular flexibility index (Phi) is 3.07. The number of anilines is 1. The third kappa shape index (κ3) is 2.31. The number of hydrogen-bond donors (Lipinski definition) is 1. The summed E-state index contributed by atoms with van der Waals surface area (Å²) in [6, 6.07) is 6.07. The van der Waals surface area contributed by atoms with Crippen molar-refractivity contribution < 1.29 is 8.78 Å². The minimum Gasteiger partial charge on any atom is -0.384 e. The van der Waals surface area contributed by atoms with Crippen molar-refractivity contribution in [3.63, 3.8) is 0 Å². The highest BCUT2D eigenvalue weighted by molar-refractivity contribution is 7.15. The summed E-state index contributed by atoms with van der Waals surface area (Å²) in [5, 5.41) is 0.439. The van der Waals surface area contributed by atoms with E-state index in [0.29, 0.717) is 15.6 Å². The highest BCUT2D eigenvalue weighted by Crippen LogP contribution is 2.33. The van der Waals surface area contributed by atoms with E-state index in [0.717, 1.165) is 11.3 Å². The standard InChI is InChI=1S/C10H7ClF2N2S/c11-5-3-6(15-9(14)4-5)7-1-2-8(16-7)10(12)13/h1-4,10H,(H2,14,15). The number of nitrogens with zero attached hydrogens (tertiary/aromatic N) is 1. The second kappa shape index (κ2) is 4.35. The lowest BCUT2D eigenvalue weighted by Crippen LogP contribution is -1.90. The molecular weight excluding hydrogens is 254 g/mol. The van der Waals surface area contributed by atoms with Gasteiger partial charge in [0.2, 0.25) is 0 Å². The van der Waals surface area contributed by atoms with Gasteiger partial charge in [-0.25, -0.2) is 13.8 Å². The van der Waals surface area contributed by atoms with Crippen molar-refractivity contribution in [3.8, 4) is 10.6 Å². The summed E-state index contributed by atoms with van der Waals surface area (Å²) in [7, 11) is 0. The van der Waals surface area contributed by atoms with Crippen LogP contribution in [-0.2, 0) is 0 Å². The fourth-order valence-electron chi connectivity index (χ4n) is 1.25. The number of nitrogen functional groups attached to an aromatic ring is 1. The molecule has 6 heteroatoms. The molecule has 2 heterocycles. The van der Waals surface area contributed by atoms with Crippen molar-refractivity contribution in [2.45, 2.75) is 6.43 Å². The predicted molar refractivity (Wildman–Crippen MR) is 61.9 cm³/mol. The molecule has 2 rings (SSSR count). The summed E-state index contributed by atoms with van der Waals surface area (Å²) in [5.41, 5.74) is 6.04. The van der Waals surface area contributed by atoms with Crippen LogP contribution in [0.1, 0.15) is 11.3 Å². The zero-order valence-corrected chi connectivity index (χ0v) is 9.53. The van der Waals surface area contributed by atoms with Crippen molar-refractivity contribution in [1.82, 2.24) is 4.98 Å². The number of nitrogens with two attached hydrogens (primary N) is 1. The Morgan fingerprint density at radius 3 is 2.62 bits per heavy atom. The van der Waals surface area contributed by atoms with Crippen molar-refractivity contribution in [3.05, 3.63) is 34.2 Å². The smallest absolute Gasteiger partial charge is 0.272 e. The molecule has 2 aromatic heterocycles. The van der Waals surface area contributed by atoms with Crippen molar-refractivity contribution >= 4 is 28.8 Å². The van der Waals surface area contributed by atoms with Gasteiger partial charge in [-0.2, -0.15) is 0 Å². The molecule has 0 saturated carbocycles. The highest BCUT2D eigenvalue weighted by Gasteiger charge is 2.12. The Hall–Kier alpha value is -1.20. The molecule has 2 nitrogen and oxygen atoms in total. The second-order valence-corrected chi connectivity index (χ2v) is 4.65. The molecule has 0 aliphatic rings. The van der Waals surface area contributed by atoms with Gasteiger partial charge in [-0.1, -0.05) is 11.6 Å². The minimum atomic E-state index is -2.46. The molecule has 0 fully saturated rings. The third-order valence-electron chi connectivity index (χ3n) is 1.90. The topological polar surface area (TPSA) is 38.9 Å². The zero-order valence-electron chi connectivity index (χ0n) is 7.95. The summed E-state index contributed by atoms with van der Waals surface area (Å²) in [6.07, 6.45) is -2.46. The first kappa shape index (κ1) is 11.3. The van der Waals surface area contributed by atoms with Crippen LogP contribution >= 0.6 is 22.9 Å². The molecule has 0 aliphatic heterocycles. The summed E-state index contributed by atoms with van der Waals surface area (Å²) in [4.78, 5) is 4.67. The molecular formula is C10H7ClF2N2S. The van der Waals surface area contributed by atoms with E-state index in [1.807, 2.05) is 0 Å². The van der Waals surface area contributed by atoms with Crippen LogP contribution in [0.5, 0.6) is 0 Å². The number of thiophene rings is 1. The van der Waals surface area contributed by atoms with Crippen LogP contribution in [0.15, 0.2) is 24.3 Å². The summed E-state index contributed by atoms with van der Waals surface area (Å²) in [5.74, 6) is 0.273. The summed E-state index contributed by atoms with van der Waals surface area (Å²) in [6.45, 7) is 0. The Labute approximate surface area is 99.7 Å². The SMILES string of the molecule is Nc1cc(Cl)cc(-c2ccc(C(F)F)s2)n1. The maximum atomic E-state index is 12.4. The fraction of sp³-hybridized carbons (Fsp3) is 0.100. The normalized spacial score (nSPS) is 11.0. The van der Waals surface area contributed by atoms with Crippen LogP contribution in [0.2, 0.25) is 5.02 Å². The third-order valence-corrected chi connectivity index (χ3v) is 3.24. The number of rotatable bonds is 2. The highest BCUT2D eigenvalue weighted by atomic mass is 35.5. The predicted octanol–water partition coefficient (Wildman–Crippen LogP) is 3.98. The summed E-state index contributed by atoms with van der Waals surface area (Å²) < 4.78 is 24.8. The molecule has 0 saturated heterocycles. The van der Waals surface area contributed by atoms with Gasteiger partial charge >= 0.3 is 0 Å². The van der Waals surface area contributed by atoms with E-state index in [1.165, 1.54) is 12.1 Å². The second-order valence-electron chi connectivity index (χ2n) is 3.10. The number of aromatic nitrogens is 1. The molecule has 0 amide bonds. The first-order valence-corrected chi connectivity index (χ1v) is 5.57. The van der Waals surface area contributed by atoms with Gasteiger partial charge in [-0.3, -0.25) is 0 Å². The molecule has 0 bridgehead atoms. The Bertz CT molecular complexity index is 493. The van der Waals surface area contributed by atoms with E-state index in [-0.39, 0.29) is 10.7 Å². The average molecular weight is 261 g/mol. The average Bonchev–Trinajstić information content (AvgIpc) is 2.64. The molecule has 16 heavy (non-hydrogen) atoms. The van der Waals surface area contributed by atoms with Gasteiger partial charge in [0.05, 0.1) is 15.4 Å². The quantitative estimate of drug-likeness (QED) is 0.887. The molecule has 0 radical (unpaired) electrons. The number of hydrogen-bond acceptors (Lipinski definition) is 3. The van der Waals surface area contributed by atoms with Crippen molar-refractivity contribution in [2.75, 3.05) is 5.73 Å². The molecule has 2 aromatic rings. The van der Waals surface area contributed by atoms with Gasteiger partial charge in [0, 0.05) is 5.02 Å². The monoisotopic (exact) mass is 260 g/mol. The van der Waals surface area contributed by atoms with Crippen LogP contribution in [0, 0.1) is 0 Å². The molecule has 2 N–H and O–H groups in total. The maximum Gasteiger partial charge on any atom is 0.272 e. The van der Waals surface area contributed by atoms with Crippen LogP contribution in [0.3, 0.4) is 0 Å². The van der Waals surface area contributed by atoms with Crippen LogP contribution in [0.25, 0.3) is 10.6 Å². The van der Waals surface area contributed by atoms with Crippen molar-refractivity contribution in [2.24, 2.45) is 0 Å². The van der Waals surface area contributed by atoms with Gasteiger partial charge in [0.15, 0.2) is 0 Å².